The zero-order valence-electron chi connectivity index (χ0n) is 13.2. The van der Waals surface area contributed by atoms with E-state index in [9.17, 15) is 4.79 Å². The first-order valence-electron chi connectivity index (χ1n) is 6.98. The second-order valence-electron chi connectivity index (χ2n) is 4.67. The minimum Gasteiger partial charge on any atom is -0.497 e. The molecule has 1 aromatic carbocycles. The van der Waals surface area contributed by atoms with Gasteiger partial charge in [-0.05, 0) is 24.6 Å². The van der Waals surface area contributed by atoms with Crippen LogP contribution in [0.25, 0.3) is 5.57 Å². The Kier molecular flexibility index (Phi) is 7.42. The highest BCUT2D eigenvalue weighted by molar-refractivity contribution is 5.95. The van der Waals surface area contributed by atoms with Crippen LogP contribution in [-0.2, 0) is 4.79 Å². The molecule has 0 atom stereocenters. The molecule has 0 bridgehead atoms. The van der Waals surface area contributed by atoms with E-state index in [0.29, 0.717) is 11.5 Å². The maximum atomic E-state index is 12.2. The number of amides is 1. The largest absolute Gasteiger partial charge is 0.497 e. The molecule has 6 nitrogen and oxygen atoms in total. The summed E-state index contributed by atoms with van der Waals surface area (Å²) in [4.78, 5) is 13.6. The lowest BCUT2D eigenvalue weighted by atomic mass is 10.1. The van der Waals surface area contributed by atoms with Gasteiger partial charge in [0.25, 0.3) is 0 Å². The van der Waals surface area contributed by atoms with Crippen molar-refractivity contribution in [1.82, 2.24) is 4.90 Å². The number of allylic oxidation sites excluding steroid dienone is 1. The Balaban J connectivity index is 3.02. The summed E-state index contributed by atoms with van der Waals surface area (Å²) in [7, 11) is 3.12. The van der Waals surface area contributed by atoms with Crippen molar-refractivity contribution in [3.63, 3.8) is 0 Å². The molecule has 0 saturated carbocycles. The monoisotopic (exact) mass is 309 g/mol. The standard InChI is InChI=1S/C16H23NO5/c1-12(10-16(20)17(6-8-18)7-9-19)14-5-4-13(21-2)11-15(14)22-3/h4-5,10-11,18-19H,6-9H2,1-3H3/b12-10+. The summed E-state index contributed by atoms with van der Waals surface area (Å²) in [5.74, 6) is 1.01. The fourth-order valence-electron chi connectivity index (χ4n) is 2.05. The first kappa shape index (κ1) is 18.0. The molecule has 1 aromatic rings. The molecule has 0 unspecified atom stereocenters. The van der Waals surface area contributed by atoms with E-state index in [-0.39, 0.29) is 32.2 Å². The highest BCUT2D eigenvalue weighted by Crippen LogP contribution is 2.29. The minimum atomic E-state index is -0.265. The number of methoxy groups -OCH3 is 2. The van der Waals surface area contributed by atoms with Gasteiger partial charge < -0.3 is 24.6 Å². The molecule has 0 radical (unpaired) electrons. The molecule has 0 aliphatic rings. The SMILES string of the molecule is COc1ccc(/C(C)=C/C(=O)N(CCO)CCO)c(OC)c1. The summed E-state index contributed by atoms with van der Waals surface area (Å²) in [5.41, 5.74) is 1.51. The van der Waals surface area contributed by atoms with Crippen molar-refractivity contribution in [2.75, 3.05) is 40.5 Å². The third kappa shape index (κ3) is 4.75. The number of nitrogens with zero attached hydrogens (tertiary/aromatic N) is 1. The Morgan fingerprint density at radius 3 is 2.32 bits per heavy atom. The van der Waals surface area contributed by atoms with Gasteiger partial charge in [-0.15, -0.1) is 0 Å². The van der Waals surface area contributed by atoms with Gasteiger partial charge in [0, 0.05) is 30.8 Å². The van der Waals surface area contributed by atoms with E-state index in [1.54, 1.807) is 33.3 Å². The van der Waals surface area contributed by atoms with Crippen LogP contribution in [0.3, 0.4) is 0 Å². The van der Waals surface area contributed by atoms with Gasteiger partial charge in [0.1, 0.15) is 11.5 Å². The highest BCUT2D eigenvalue weighted by Gasteiger charge is 2.13. The fraction of sp³-hybridized carbons (Fsp3) is 0.438. The zero-order valence-corrected chi connectivity index (χ0v) is 13.2. The van der Waals surface area contributed by atoms with Gasteiger partial charge in [0.2, 0.25) is 5.91 Å². The maximum Gasteiger partial charge on any atom is 0.247 e. The Labute approximate surface area is 130 Å². The number of benzene rings is 1. The van der Waals surface area contributed by atoms with E-state index in [1.807, 2.05) is 6.07 Å². The van der Waals surface area contributed by atoms with Crippen molar-refractivity contribution < 1.29 is 24.5 Å². The van der Waals surface area contributed by atoms with E-state index in [4.69, 9.17) is 19.7 Å². The van der Waals surface area contributed by atoms with E-state index < -0.39 is 0 Å². The van der Waals surface area contributed by atoms with Gasteiger partial charge in [0.05, 0.1) is 27.4 Å². The van der Waals surface area contributed by atoms with Crippen LogP contribution in [0.15, 0.2) is 24.3 Å². The second-order valence-corrected chi connectivity index (χ2v) is 4.67. The molecule has 1 rings (SSSR count). The fourth-order valence-corrected chi connectivity index (χ4v) is 2.05. The van der Waals surface area contributed by atoms with Crippen LogP contribution >= 0.6 is 0 Å². The lowest BCUT2D eigenvalue weighted by molar-refractivity contribution is -0.127. The average molecular weight is 309 g/mol. The average Bonchev–Trinajstić information content (AvgIpc) is 2.53. The van der Waals surface area contributed by atoms with Crippen LogP contribution < -0.4 is 9.47 Å². The summed E-state index contributed by atoms with van der Waals surface area (Å²) in [6.07, 6.45) is 1.47. The molecular formula is C16H23NO5. The van der Waals surface area contributed by atoms with Gasteiger partial charge in [-0.3, -0.25) is 4.79 Å². The molecule has 122 valence electrons. The lowest BCUT2D eigenvalue weighted by Crippen LogP contribution is -2.34. The van der Waals surface area contributed by atoms with Crippen LogP contribution in [0.1, 0.15) is 12.5 Å². The molecule has 0 saturated heterocycles. The van der Waals surface area contributed by atoms with Crippen molar-refractivity contribution in [2.45, 2.75) is 6.92 Å². The number of aliphatic hydroxyl groups excluding tert-OH is 2. The van der Waals surface area contributed by atoms with Gasteiger partial charge in [-0.25, -0.2) is 0 Å². The number of hydrogen-bond donors (Lipinski definition) is 2. The predicted octanol–water partition coefficient (Wildman–Crippen LogP) is 0.920. The topological polar surface area (TPSA) is 79.2 Å². The van der Waals surface area contributed by atoms with Gasteiger partial charge in [0.15, 0.2) is 0 Å². The molecule has 6 heteroatoms. The summed E-state index contributed by atoms with van der Waals surface area (Å²) in [6, 6.07) is 5.36. The zero-order chi connectivity index (χ0) is 16.5. The lowest BCUT2D eigenvalue weighted by Gasteiger charge is -2.19. The third-order valence-corrected chi connectivity index (χ3v) is 3.23. The van der Waals surface area contributed by atoms with Crippen molar-refractivity contribution in [3.8, 4) is 11.5 Å². The summed E-state index contributed by atoms with van der Waals surface area (Å²) < 4.78 is 10.5. The number of ether oxygens (including phenoxy) is 2. The molecule has 0 aliphatic heterocycles. The van der Waals surface area contributed by atoms with Crippen LogP contribution in [0.5, 0.6) is 11.5 Å². The second kappa shape index (κ2) is 9.07. The minimum absolute atomic E-state index is 0.148. The van der Waals surface area contributed by atoms with Crippen molar-refractivity contribution in [2.24, 2.45) is 0 Å². The maximum absolute atomic E-state index is 12.2. The number of carbonyl (C=O) groups excluding carboxylic acids is 1. The Morgan fingerprint density at radius 1 is 1.18 bits per heavy atom. The Bertz CT molecular complexity index is 521. The molecule has 22 heavy (non-hydrogen) atoms. The summed E-state index contributed by atoms with van der Waals surface area (Å²) >= 11 is 0. The molecule has 2 N–H and O–H groups in total. The van der Waals surface area contributed by atoms with Crippen LogP contribution in [0.4, 0.5) is 0 Å². The predicted molar refractivity (Wildman–Crippen MR) is 83.9 cm³/mol. The number of rotatable bonds is 8. The highest BCUT2D eigenvalue weighted by atomic mass is 16.5. The van der Waals surface area contributed by atoms with Crippen LogP contribution in [0, 0.1) is 0 Å². The Morgan fingerprint density at radius 2 is 1.82 bits per heavy atom. The smallest absolute Gasteiger partial charge is 0.247 e. The van der Waals surface area contributed by atoms with E-state index >= 15 is 0 Å². The van der Waals surface area contributed by atoms with Crippen molar-refractivity contribution in [3.05, 3.63) is 29.8 Å². The molecule has 0 fully saturated rings. The van der Waals surface area contributed by atoms with Crippen molar-refractivity contribution >= 4 is 11.5 Å². The molecule has 0 heterocycles. The van der Waals surface area contributed by atoms with Crippen LogP contribution in [0.2, 0.25) is 0 Å². The van der Waals surface area contributed by atoms with Gasteiger partial charge in [-0.1, -0.05) is 0 Å². The van der Waals surface area contributed by atoms with Gasteiger partial charge in [-0.2, -0.15) is 0 Å². The first-order chi connectivity index (χ1) is 10.6. The van der Waals surface area contributed by atoms with E-state index in [0.717, 1.165) is 11.1 Å². The number of aliphatic hydroxyl groups is 2. The quantitative estimate of drug-likeness (QED) is 0.698. The normalized spacial score (nSPS) is 11.2. The molecular weight excluding hydrogens is 286 g/mol. The van der Waals surface area contributed by atoms with Gasteiger partial charge >= 0.3 is 0 Å². The Hall–Kier alpha value is -2.05. The number of hydrogen-bond acceptors (Lipinski definition) is 5. The van der Waals surface area contributed by atoms with E-state index in [2.05, 4.69) is 0 Å². The third-order valence-electron chi connectivity index (χ3n) is 3.23. The van der Waals surface area contributed by atoms with Crippen LogP contribution in [-0.4, -0.2) is 61.5 Å². The van der Waals surface area contributed by atoms with E-state index in [1.165, 1.54) is 11.0 Å². The first-order valence-corrected chi connectivity index (χ1v) is 6.98. The molecule has 1 amide bonds. The summed E-state index contributed by atoms with van der Waals surface area (Å²) in [5, 5.41) is 17.9. The molecule has 0 spiro atoms. The molecule has 0 aliphatic carbocycles. The molecule has 0 aromatic heterocycles. The number of carbonyl (C=O) groups is 1. The van der Waals surface area contributed by atoms with Crippen molar-refractivity contribution in [1.29, 1.82) is 0 Å². The summed E-state index contributed by atoms with van der Waals surface area (Å²) in [6.45, 7) is 1.87.